The lowest BCUT2D eigenvalue weighted by molar-refractivity contribution is -0.136. The fourth-order valence-corrected chi connectivity index (χ4v) is 3.80. The van der Waals surface area contributed by atoms with E-state index in [2.05, 4.69) is 4.90 Å². The lowest BCUT2D eigenvalue weighted by Gasteiger charge is -2.36. The molecule has 4 heteroatoms. The van der Waals surface area contributed by atoms with Crippen LogP contribution in [-0.2, 0) is 11.3 Å². The van der Waals surface area contributed by atoms with Crippen LogP contribution in [0.25, 0.3) is 0 Å². The average molecular weight is 364 g/mol. The number of nitrogens with zero attached hydrogens (tertiary/aromatic N) is 2. The van der Waals surface area contributed by atoms with Crippen LogP contribution >= 0.6 is 0 Å². The molecule has 0 aromatic heterocycles. The van der Waals surface area contributed by atoms with Gasteiger partial charge in [-0.1, -0.05) is 60.7 Å². The molecular formula is C23H28N2O2. The zero-order valence-electron chi connectivity index (χ0n) is 16.2. The summed E-state index contributed by atoms with van der Waals surface area (Å²) in [5.41, 5.74) is 1.93. The molecule has 0 N–H and O–H groups in total. The van der Waals surface area contributed by atoms with Gasteiger partial charge in [0.1, 0.15) is 0 Å². The summed E-state index contributed by atoms with van der Waals surface area (Å²) in [7, 11) is 1.86. The van der Waals surface area contributed by atoms with E-state index in [1.807, 2.05) is 74.6 Å². The summed E-state index contributed by atoms with van der Waals surface area (Å²) in [6.07, 6.45) is 1.63. The van der Waals surface area contributed by atoms with E-state index >= 15 is 0 Å². The van der Waals surface area contributed by atoms with Crippen LogP contribution in [0.1, 0.15) is 35.7 Å². The molecule has 1 aliphatic rings. The second kappa shape index (κ2) is 8.96. The fraction of sp³-hybridized carbons (Fsp3) is 0.391. The standard InChI is InChI=1S/C23H28N2O2/c1-18(23(27)24(2)17-19-9-5-3-6-10-19)25-15-13-21(14-16-25)22(26)20-11-7-4-8-12-20/h3-12,18,21H,13-17H2,1-2H3. The molecule has 0 aliphatic carbocycles. The number of benzene rings is 2. The van der Waals surface area contributed by atoms with Crippen molar-refractivity contribution in [2.45, 2.75) is 32.4 Å². The van der Waals surface area contributed by atoms with Gasteiger partial charge in [-0.05, 0) is 38.4 Å². The predicted molar refractivity (Wildman–Crippen MR) is 107 cm³/mol. The Morgan fingerprint density at radius 2 is 1.56 bits per heavy atom. The van der Waals surface area contributed by atoms with Crippen LogP contribution in [0.2, 0.25) is 0 Å². The van der Waals surface area contributed by atoms with Crippen molar-refractivity contribution in [2.75, 3.05) is 20.1 Å². The number of Topliss-reactive ketones (excluding diaryl/α,β-unsaturated/α-hetero) is 1. The molecule has 0 spiro atoms. The number of piperidine rings is 1. The van der Waals surface area contributed by atoms with Crippen LogP contribution < -0.4 is 0 Å². The summed E-state index contributed by atoms with van der Waals surface area (Å²) in [4.78, 5) is 29.4. The summed E-state index contributed by atoms with van der Waals surface area (Å²) >= 11 is 0. The summed E-state index contributed by atoms with van der Waals surface area (Å²) < 4.78 is 0. The van der Waals surface area contributed by atoms with Crippen LogP contribution in [0.3, 0.4) is 0 Å². The quantitative estimate of drug-likeness (QED) is 0.735. The van der Waals surface area contributed by atoms with E-state index < -0.39 is 0 Å². The van der Waals surface area contributed by atoms with Gasteiger partial charge in [0.05, 0.1) is 6.04 Å². The largest absolute Gasteiger partial charge is 0.340 e. The number of likely N-dealkylation sites (N-methyl/N-ethyl adjacent to an activating group) is 1. The molecule has 3 rings (SSSR count). The van der Waals surface area contributed by atoms with Crippen LogP contribution in [0, 0.1) is 5.92 Å². The molecule has 1 aliphatic heterocycles. The van der Waals surface area contributed by atoms with Crippen molar-refractivity contribution < 1.29 is 9.59 Å². The minimum absolute atomic E-state index is 0.0630. The number of likely N-dealkylation sites (tertiary alicyclic amines) is 1. The molecule has 2 aromatic rings. The maximum Gasteiger partial charge on any atom is 0.239 e. The third-order valence-electron chi connectivity index (χ3n) is 5.50. The number of amides is 1. The van der Waals surface area contributed by atoms with Gasteiger partial charge in [-0.25, -0.2) is 0 Å². The maximum absolute atomic E-state index is 12.8. The van der Waals surface area contributed by atoms with Crippen LogP contribution in [0.4, 0.5) is 0 Å². The van der Waals surface area contributed by atoms with E-state index in [0.29, 0.717) is 6.54 Å². The Balaban J connectivity index is 1.52. The number of hydrogen-bond acceptors (Lipinski definition) is 3. The second-order valence-electron chi connectivity index (χ2n) is 7.40. The SMILES string of the molecule is CC(C(=O)N(C)Cc1ccccc1)N1CCC(C(=O)c2ccccc2)CC1. The third kappa shape index (κ3) is 4.83. The van der Waals surface area contributed by atoms with Crippen molar-refractivity contribution in [3.63, 3.8) is 0 Å². The van der Waals surface area contributed by atoms with E-state index in [-0.39, 0.29) is 23.7 Å². The zero-order valence-corrected chi connectivity index (χ0v) is 16.2. The van der Waals surface area contributed by atoms with Crippen molar-refractivity contribution in [1.29, 1.82) is 0 Å². The number of carbonyl (C=O) groups excluding carboxylic acids is 2. The zero-order chi connectivity index (χ0) is 19.2. The van der Waals surface area contributed by atoms with Gasteiger partial charge in [-0.3, -0.25) is 14.5 Å². The average Bonchev–Trinajstić information content (AvgIpc) is 2.73. The Labute approximate surface area is 161 Å². The Bertz CT molecular complexity index is 752. The molecule has 1 amide bonds. The van der Waals surface area contributed by atoms with Gasteiger partial charge in [-0.15, -0.1) is 0 Å². The molecule has 27 heavy (non-hydrogen) atoms. The number of ketones is 1. The Morgan fingerprint density at radius 3 is 2.15 bits per heavy atom. The van der Waals surface area contributed by atoms with Crippen molar-refractivity contribution >= 4 is 11.7 Å². The Kier molecular flexibility index (Phi) is 6.40. The van der Waals surface area contributed by atoms with Crippen LogP contribution in [0.5, 0.6) is 0 Å². The minimum Gasteiger partial charge on any atom is -0.340 e. The molecule has 0 saturated carbocycles. The van der Waals surface area contributed by atoms with Crippen molar-refractivity contribution in [3.05, 3.63) is 71.8 Å². The van der Waals surface area contributed by atoms with Gasteiger partial charge >= 0.3 is 0 Å². The molecule has 2 aromatic carbocycles. The van der Waals surface area contributed by atoms with Gasteiger partial charge in [0, 0.05) is 25.1 Å². The molecule has 1 saturated heterocycles. The molecule has 1 atom stereocenters. The smallest absolute Gasteiger partial charge is 0.239 e. The lowest BCUT2D eigenvalue weighted by Crippen LogP contribution is -2.49. The molecule has 4 nitrogen and oxygen atoms in total. The summed E-state index contributed by atoms with van der Waals surface area (Å²) in [6.45, 7) is 4.17. The third-order valence-corrected chi connectivity index (χ3v) is 5.50. The maximum atomic E-state index is 12.8. The summed E-state index contributed by atoms with van der Waals surface area (Å²) in [6, 6.07) is 19.4. The van der Waals surface area contributed by atoms with E-state index in [0.717, 1.165) is 37.1 Å². The summed E-state index contributed by atoms with van der Waals surface area (Å²) in [5, 5.41) is 0. The summed E-state index contributed by atoms with van der Waals surface area (Å²) in [5.74, 6) is 0.426. The molecule has 0 bridgehead atoms. The van der Waals surface area contributed by atoms with E-state index in [1.54, 1.807) is 4.90 Å². The first kappa shape index (κ1) is 19.3. The highest BCUT2D eigenvalue weighted by Gasteiger charge is 2.31. The van der Waals surface area contributed by atoms with Crippen LogP contribution in [-0.4, -0.2) is 47.7 Å². The van der Waals surface area contributed by atoms with Gasteiger partial charge in [0.2, 0.25) is 5.91 Å². The van der Waals surface area contributed by atoms with E-state index in [4.69, 9.17) is 0 Å². The van der Waals surface area contributed by atoms with Crippen LogP contribution in [0.15, 0.2) is 60.7 Å². The number of rotatable bonds is 6. The first-order chi connectivity index (χ1) is 13.1. The molecule has 1 unspecified atom stereocenters. The highest BCUT2D eigenvalue weighted by Crippen LogP contribution is 2.23. The van der Waals surface area contributed by atoms with Gasteiger partial charge < -0.3 is 4.90 Å². The first-order valence-corrected chi connectivity index (χ1v) is 9.68. The van der Waals surface area contributed by atoms with Crippen molar-refractivity contribution in [1.82, 2.24) is 9.80 Å². The van der Waals surface area contributed by atoms with E-state index in [9.17, 15) is 9.59 Å². The first-order valence-electron chi connectivity index (χ1n) is 9.68. The van der Waals surface area contributed by atoms with Gasteiger partial charge in [0.25, 0.3) is 0 Å². The Morgan fingerprint density at radius 1 is 1.00 bits per heavy atom. The molecule has 1 heterocycles. The minimum atomic E-state index is -0.161. The number of carbonyl (C=O) groups is 2. The monoisotopic (exact) mass is 364 g/mol. The van der Waals surface area contributed by atoms with Gasteiger partial charge in [0.15, 0.2) is 5.78 Å². The Hall–Kier alpha value is -2.46. The lowest BCUT2D eigenvalue weighted by atomic mass is 9.88. The molecule has 142 valence electrons. The van der Waals surface area contributed by atoms with Crippen molar-refractivity contribution in [2.24, 2.45) is 5.92 Å². The second-order valence-corrected chi connectivity index (χ2v) is 7.40. The topological polar surface area (TPSA) is 40.6 Å². The highest BCUT2D eigenvalue weighted by atomic mass is 16.2. The fourth-order valence-electron chi connectivity index (χ4n) is 3.80. The predicted octanol–water partition coefficient (Wildman–Crippen LogP) is 3.63. The molecular weight excluding hydrogens is 336 g/mol. The molecule has 1 fully saturated rings. The van der Waals surface area contributed by atoms with Gasteiger partial charge in [-0.2, -0.15) is 0 Å². The highest BCUT2D eigenvalue weighted by molar-refractivity contribution is 5.97. The number of hydrogen-bond donors (Lipinski definition) is 0. The normalized spacial score (nSPS) is 16.7. The molecule has 0 radical (unpaired) electrons. The van der Waals surface area contributed by atoms with Crippen molar-refractivity contribution in [3.8, 4) is 0 Å². The van der Waals surface area contributed by atoms with E-state index in [1.165, 1.54) is 0 Å².